The predicted molar refractivity (Wildman–Crippen MR) is 89.8 cm³/mol. The summed E-state index contributed by atoms with van der Waals surface area (Å²) in [5.41, 5.74) is 0.388. The molecule has 1 aromatic rings. The van der Waals surface area contributed by atoms with Gasteiger partial charge in [0, 0.05) is 24.1 Å². The summed E-state index contributed by atoms with van der Waals surface area (Å²) in [7, 11) is 0. The van der Waals surface area contributed by atoms with Gasteiger partial charge < -0.3 is 25.6 Å². The summed E-state index contributed by atoms with van der Waals surface area (Å²) in [6.07, 6.45) is 0.157. The molecule has 0 fully saturated rings. The predicted octanol–water partition coefficient (Wildman–Crippen LogP) is 0.443. The molecule has 0 aromatic heterocycles. The minimum absolute atomic E-state index is 0.0391. The van der Waals surface area contributed by atoms with Crippen molar-refractivity contribution in [3.8, 4) is 0 Å². The highest BCUT2D eigenvalue weighted by atomic mass is 16.4. The molecular formula is C17H20N2O7. The highest BCUT2D eigenvalue weighted by molar-refractivity contribution is 5.99. The van der Waals surface area contributed by atoms with Crippen LogP contribution in [0.25, 0.3) is 0 Å². The van der Waals surface area contributed by atoms with Crippen LogP contribution in [0.15, 0.2) is 24.3 Å². The van der Waals surface area contributed by atoms with E-state index >= 15 is 0 Å². The van der Waals surface area contributed by atoms with Gasteiger partial charge in [0.1, 0.15) is 11.8 Å². The van der Waals surface area contributed by atoms with Crippen LogP contribution in [0.1, 0.15) is 46.9 Å². The number of amides is 2. The maximum atomic E-state index is 12.0. The molecule has 0 spiro atoms. The van der Waals surface area contributed by atoms with Gasteiger partial charge in [0.25, 0.3) is 11.8 Å². The van der Waals surface area contributed by atoms with Crippen LogP contribution in [0.3, 0.4) is 0 Å². The summed E-state index contributed by atoms with van der Waals surface area (Å²) in [6, 6.07) is 3.90. The lowest BCUT2D eigenvalue weighted by molar-refractivity contribution is -0.145. The molecule has 0 bridgehead atoms. The zero-order valence-electron chi connectivity index (χ0n) is 14.2. The van der Waals surface area contributed by atoms with E-state index in [1.807, 2.05) is 0 Å². The quantitative estimate of drug-likeness (QED) is 0.440. The van der Waals surface area contributed by atoms with E-state index in [4.69, 9.17) is 10.2 Å². The van der Waals surface area contributed by atoms with Crippen molar-refractivity contribution in [2.45, 2.75) is 32.2 Å². The summed E-state index contributed by atoms with van der Waals surface area (Å²) in [4.78, 5) is 56.3. The Hall–Kier alpha value is -3.23. The van der Waals surface area contributed by atoms with Crippen LogP contribution >= 0.6 is 0 Å². The highest BCUT2D eigenvalue weighted by Crippen LogP contribution is 2.06. The fraction of sp³-hybridized carbons (Fsp3) is 0.353. The minimum Gasteiger partial charge on any atom is -0.481 e. The topological polar surface area (TPSA) is 150 Å². The Morgan fingerprint density at radius 3 is 1.96 bits per heavy atom. The Kier molecular flexibility index (Phi) is 7.94. The molecule has 0 aliphatic heterocycles. The molecule has 0 saturated heterocycles. The van der Waals surface area contributed by atoms with Crippen molar-refractivity contribution in [1.82, 2.24) is 10.6 Å². The minimum atomic E-state index is -1.55. The van der Waals surface area contributed by atoms with E-state index in [9.17, 15) is 24.0 Å². The van der Waals surface area contributed by atoms with Crippen LogP contribution in [-0.2, 0) is 14.4 Å². The number of ketones is 1. The third kappa shape index (κ3) is 7.12. The molecule has 9 heteroatoms. The normalized spacial score (nSPS) is 11.3. The maximum absolute atomic E-state index is 12.0. The van der Waals surface area contributed by atoms with Gasteiger partial charge in [-0.2, -0.15) is 0 Å². The summed E-state index contributed by atoms with van der Waals surface area (Å²) in [6.45, 7) is 1.81. The summed E-state index contributed by atoms with van der Waals surface area (Å²) in [5.74, 6) is -3.89. The molecule has 1 unspecified atom stereocenters. The fourth-order valence-corrected chi connectivity index (χ4v) is 2.03. The lowest BCUT2D eigenvalue weighted by Crippen LogP contribution is -2.42. The first kappa shape index (κ1) is 20.8. The number of carboxylic acids is 2. The highest BCUT2D eigenvalue weighted by Gasteiger charge is 2.23. The number of aliphatic carboxylic acids is 2. The van der Waals surface area contributed by atoms with Crippen molar-refractivity contribution >= 4 is 29.5 Å². The number of carbonyl (C=O) groups excluding carboxylic acids is 3. The molecule has 1 rings (SSSR count). The number of Topliss-reactive ketones (excluding diaryl/α,β-unsaturated/α-hetero) is 1. The van der Waals surface area contributed by atoms with E-state index in [0.717, 1.165) is 0 Å². The summed E-state index contributed by atoms with van der Waals surface area (Å²) in [5, 5.41) is 22.3. The molecule has 26 heavy (non-hydrogen) atoms. The lowest BCUT2D eigenvalue weighted by atomic mass is 10.1. The van der Waals surface area contributed by atoms with Gasteiger partial charge in [-0.3, -0.25) is 14.4 Å². The van der Waals surface area contributed by atoms with E-state index < -0.39 is 30.3 Å². The van der Waals surface area contributed by atoms with Crippen molar-refractivity contribution in [1.29, 1.82) is 0 Å². The van der Waals surface area contributed by atoms with Gasteiger partial charge in [-0.05, 0) is 37.6 Å². The Morgan fingerprint density at radius 2 is 1.50 bits per heavy atom. The number of hydrogen-bond acceptors (Lipinski definition) is 5. The zero-order chi connectivity index (χ0) is 19.7. The molecular weight excluding hydrogens is 344 g/mol. The van der Waals surface area contributed by atoms with E-state index in [2.05, 4.69) is 10.6 Å². The number of rotatable bonds is 10. The molecule has 0 aliphatic carbocycles. The smallest absolute Gasteiger partial charge is 0.326 e. The van der Waals surface area contributed by atoms with E-state index in [1.165, 1.54) is 31.2 Å². The molecule has 0 saturated carbocycles. The van der Waals surface area contributed by atoms with Crippen LogP contribution in [0.5, 0.6) is 0 Å². The summed E-state index contributed by atoms with van der Waals surface area (Å²) < 4.78 is 0. The average Bonchev–Trinajstić information content (AvgIpc) is 2.57. The van der Waals surface area contributed by atoms with E-state index in [-0.39, 0.29) is 17.3 Å². The lowest BCUT2D eigenvalue weighted by Gasteiger charge is -2.12. The van der Waals surface area contributed by atoms with Crippen LogP contribution in [0.2, 0.25) is 0 Å². The van der Waals surface area contributed by atoms with Crippen LogP contribution in [0, 0.1) is 0 Å². The standard InChI is InChI=1S/C17H20N2O7/c1-10(20)3-2-8-18-15(23)11-4-6-12(7-5-11)16(24)19-13(17(25)26)9-14(21)22/h4-7,13H,2-3,8-9H2,1H3,(H,18,23)(H,19,24)(H,21,22)(H,25,26). The van der Waals surface area contributed by atoms with Crippen molar-refractivity contribution in [3.63, 3.8) is 0 Å². The van der Waals surface area contributed by atoms with E-state index in [0.29, 0.717) is 24.9 Å². The fourth-order valence-electron chi connectivity index (χ4n) is 2.03. The van der Waals surface area contributed by atoms with Crippen molar-refractivity contribution < 1.29 is 34.2 Å². The second-order valence-corrected chi connectivity index (χ2v) is 5.60. The Morgan fingerprint density at radius 1 is 0.962 bits per heavy atom. The second kappa shape index (κ2) is 9.92. The largest absolute Gasteiger partial charge is 0.481 e. The van der Waals surface area contributed by atoms with Gasteiger partial charge in [0.2, 0.25) is 0 Å². The Balaban J connectivity index is 2.63. The maximum Gasteiger partial charge on any atom is 0.326 e. The van der Waals surface area contributed by atoms with Gasteiger partial charge >= 0.3 is 11.9 Å². The third-order valence-corrected chi connectivity index (χ3v) is 3.38. The molecule has 2 amide bonds. The molecule has 9 nitrogen and oxygen atoms in total. The second-order valence-electron chi connectivity index (χ2n) is 5.60. The van der Waals surface area contributed by atoms with Gasteiger partial charge in [0.05, 0.1) is 6.42 Å². The monoisotopic (exact) mass is 364 g/mol. The van der Waals surface area contributed by atoms with Crippen LogP contribution < -0.4 is 10.6 Å². The molecule has 1 atom stereocenters. The summed E-state index contributed by atoms with van der Waals surface area (Å²) >= 11 is 0. The van der Waals surface area contributed by atoms with Crippen molar-refractivity contribution in [2.75, 3.05) is 6.54 Å². The first-order valence-electron chi connectivity index (χ1n) is 7.84. The first-order valence-corrected chi connectivity index (χ1v) is 7.84. The molecule has 4 N–H and O–H groups in total. The van der Waals surface area contributed by atoms with Gasteiger partial charge in [-0.15, -0.1) is 0 Å². The van der Waals surface area contributed by atoms with Crippen LogP contribution in [-0.4, -0.2) is 52.3 Å². The third-order valence-electron chi connectivity index (χ3n) is 3.38. The number of carbonyl (C=O) groups is 5. The number of hydrogen-bond donors (Lipinski definition) is 4. The van der Waals surface area contributed by atoms with Gasteiger partial charge in [-0.25, -0.2) is 4.79 Å². The molecule has 140 valence electrons. The van der Waals surface area contributed by atoms with Crippen molar-refractivity contribution in [2.24, 2.45) is 0 Å². The molecule has 0 heterocycles. The van der Waals surface area contributed by atoms with E-state index in [1.54, 1.807) is 0 Å². The number of nitrogens with one attached hydrogen (secondary N) is 2. The first-order chi connectivity index (χ1) is 12.2. The van der Waals surface area contributed by atoms with Crippen molar-refractivity contribution in [3.05, 3.63) is 35.4 Å². The van der Waals surface area contributed by atoms with Gasteiger partial charge in [-0.1, -0.05) is 0 Å². The molecule has 1 aromatic carbocycles. The zero-order valence-corrected chi connectivity index (χ0v) is 14.2. The Bertz CT molecular complexity index is 698. The average molecular weight is 364 g/mol. The number of carboxylic acid groups (broad SMARTS) is 2. The number of benzene rings is 1. The van der Waals surface area contributed by atoms with Gasteiger partial charge in [0.15, 0.2) is 0 Å². The molecule has 0 aliphatic rings. The van der Waals surface area contributed by atoms with Crippen LogP contribution in [0.4, 0.5) is 0 Å². The molecule has 0 radical (unpaired) electrons. The SMILES string of the molecule is CC(=O)CCCNC(=O)c1ccc(C(=O)NC(CC(=O)O)C(=O)O)cc1. The Labute approximate surface area is 149 Å².